The van der Waals surface area contributed by atoms with E-state index in [1.165, 1.54) is 12.1 Å². The minimum absolute atomic E-state index is 0.175. The molecule has 2 aliphatic rings. The Kier molecular flexibility index (Phi) is 3.13. The number of nitrogens with zero attached hydrogens (tertiary/aromatic N) is 3. The number of aromatic nitrogens is 1. The quantitative estimate of drug-likeness (QED) is 0.786. The lowest BCUT2D eigenvalue weighted by Gasteiger charge is -2.34. The van der Waals surface area contributed by atoms with Gasteiger partial charge >= 0.3 is 0 Å². The van der Waals surface area contributed by atoms with Crippen LogP contribution in [0.25, 0.3) is 11.1 Å². The number of nitriles is 1. The molecule has 2 aromatic rings. The number of carbonyl (C=O) groups is 1. The summed E-state index contributed by atoms with van der Waals surface area (Å²) in [6.07, 6.45) is 4.26. The van der Waals surface area contributed by atoms with Crippen LogP contribution in [0, 0.1) is 17.3 Å². The van der Waals surface area contributed by atoms with E-state index in [0.717, 1.165) is 5.56 Å². The van der Waals surface area contributed by atoms with Gasteiger partial charge in [0.05, 0.1) is 12.2 Å². The van der Waals surface area contributed by atoms with Crippen LogP contribution in [0.4, 0.5) is 15.9 Å². The van der Waals surface area contributed by atoms with Crippen molar-refractivity contribution in [3.8, 4) is 17.3 Å². The number of hydrogen-bond acceptors (Lipinski definition) is 5. The first-order valence-electron chi connectivity index (χ1n) is 7.60. The number of benzene rings is 1. The summed E-state index contributed by atoms with van der Waals surface area (Å²) in [5.74, 6) is 0.0642. The zero-order chi connectivity index (χ0) is 16.7. The molecule has 24 heavy (non-hydrogen) atoms. The molecule has 1 fully saturated rings. The number of likely N-dealkylation sites (tertiary alicyclic amines) is 1. The first-order valence-corrected chi connectivity index (χ1v) is 7.60. The molecule has 2 aliphatic heterocycles. The van der Waals surface area contributed by atoms with Gasteiger partial charge in [-0.1, -0.05) is 12.1 Å². The summed E-state index contributed by atoms with van der Waals surface area (Å²) in [6, 6.07) is 7.98. The van der Waals surface area contributed by atoms with E-state index in [0.29, 0.717) is 36.6 Å². The van der Waals surface area contributed by atoms with Gasteiger partial charge in [0.1, 0.15) is 11.4 Å². The summed E-state index contributed by atoms with van der Waals surface area (Å²) in [5, 5.41) is 15.1. The van der Waals surface area contributed by atoms with Crippen LogP contribution in [0.5, 0.6) is 0 Å². The van der Waals surface area contributed by atoms with Gasteiger partial charge in [-0.25, -0.2) is 9.37 Å². The summed E-state index contributed by atoms with van der Waals surface area (Å²) in [4.78, 5) is 18.5. The first-order chi connectivity index (χ1) is 11.6. The Labute approximate surface area is 137 Å². The van der Waals surface area contributed by atoms with E-state index in [1.807, 2.05) is 0 Å². The number of amides is 1. The maximum Gasteiger partial charge on any atom is 0.252 e. The molecule has 0 bridgehead atoms. The van der Waals surface area contributed by atoms with Crippen molar-refractivity contribution in [3.05, 3.63) is 42.3 Å². The Morgan fingerprint density at radius 1 is 1.33 bits per heavy atom. The van der Waals surface area contributed by atoms with Crippen LogP contribution in [0.2, 0.25) is 0 Å². The summed E-state index contributed by atoms with van der Waals surface area (Å²) in [7, 11) is 0. The molecule has 1 aromatic heterocycles. The maximum absolute atomic E-state index is 13.4. The molecular weight excluding hydrogens is 309 g/mol. The zero-order valence-corrected chi connectivity index (χ0v) is 12.7. The Hall–Kier alpha value is -3.14. The number of carbonyl (C=O) groups excluding carboxylic acids is 1. The van der Waals surface area contributed by atoms with Crippen LogP contribution in [-0.4, -0.2) is 34.4 Å². The van der Waals surface area contributed by atoms with Gasteiger partial charge in [-0.05, 0) is 30.2 Å². The third kappa shape index (κ3) is 2.24. The van der Waals surface area contributed by atoms with E-state index in [4.69, 9.17) is 5.26 Å². The molecular formula is C17H14FN5O. The van der Waals surface area contributed by atoms with Crippen LogP contribution < -0.4 is 10.6 Å². The average Bonchev–Trinajstić information content (AvgIpc) is 3.00. The fraction of sp³-hybridized carbons (Fsp3) is 0.235. The number of fused-ring (bicyclic) bond motifs is 1. The largest absolute Gasteiger partial charge is 0.353 e. The Morgan fingerprint density at radius 3 is 2.96 bits per heavy atom. The van der Waals surface area contributed by atoms with Gasteiger partial charge in [0.2, 0.25) is 0 Å². The van der Waals surface area contributed by atoms with Crippen molar-refractivity contribution in [1.82, 2.24) is 9.88 Å². The zero-order valence-electron chi connectivity index (χ0n) is 12.7. The fourth-order valence-electron chi connectivity index (χ4n) is 3.19. The monoisotopic (exact) mass is 323 g/mol. The van der Waals surface area contributed by atoms with Crippen molar-refractivity contribution in [2.45, 2.75) is 12.0 Å². The fourth-order valence-corrected chi connectivity index (χ4v) is 3.19. The normalized spacial score (nSPS) is 21.8. The molecule has 4 rings (SSSR count). The van der Waals surface area contributed by atoms with Gasteiger partial charge in [-0.2, -0.15) is 5.26 Å². The molecule has 0 saturated carbocycles. The summed E-state index contributed by atoms with van der Waals surface area (Å²) in [6.45, 7) is 0.857. The standard InChI is InChI=1S/C17H14FN5O/c18-13-3-1-2-11(6-13)12-7-14-15(20-8-12)22-17(16(24)21-14)4-5-23(9-17)10-19/h1-3,6-8H,4-5,9H2,(H,20,22)(H,21,24). The molecule has 1 saturated heterocycles. The molecule has 1 aromatic carbocycles. The summed E-state index contributed by atoms with van der Waals surface area (Å²) in [5.41, 5.74) is 1.14. The van der Waals surface area contributed by atoms with Crippen LogP contribution in [-0.2, 0) is 4.79 Å². The third-order valence-electron chi connectivity index (χ3n) is 4.50. The minimum Gasteiger partial charge on any atom is -0.353 e. The van der Waals surface area contributed by atoms with Gasteiger partial charge in [-0.3, -0.25) is 4.79 Å². The molecule has 120 valence electrons. The molecule has 6 nitrogen and oxygen atoms in total. The molecule has 0 radical (unpaired) electrons. The van der Waals surface area contributed by atoms with E-state index in [-0.39, 0.29) is 11.7 Å². The second-order valence-electron chi connectivity index (χ2n) is 6.06. The number of anilines is 2. The van der Waals surface area contributed by atoms with Crippen molar-refractivity contribution >= 4 is 17.4 Å². The lowest BCUT2D eigenvalue weighted by Crippen LogP contribution is -2.54. The molecule has 0 aliphatic carbocycles. The number of halogens is 1. The first kappa shape index (κ1) is 14.5. The van der Waals surface area contributed by atoms with Gasteiger partial charge < -0.3 is 15.5 Å². The van der Waals surface area contributed by atoms with Crippen LogP contribution in [0.15, 0.2) is 36.5 Å². The van der Waals surface area contributed by atoms with E-state index < -0.39 is 5.54 Å². The van der Waals surface area contributed by atoms with Gasteiger partial charge in [0.15, 0.2) is 12.0 Å². The molecule has 3 heterocycles. The molecule has 1 amide bonds. The van der Waals surface area contributed by atoms with Crippen molar-refractivity contribution < 1.29 is 9.18 Å². The SMILES string of the molecule is N#CN1CCC2(C1)Nc1ncc(-c3cccc(F)c3)cc1NC2=O. The van der Waals surface area contributed by atoms with Crippen molar-refractivity contribution in [2.75, 3.05) is 23.7 Å². The van der Waals surface area contributed by atoms with E-state index in [1.54, 1.807) is 29.3 Å². The number of nitrogens with one attached hydrogen (secondary N) is 2. The molecule has 1 unspecified atom stereocenters. The van der Waals surface area contributed by atoms with Crippen LogP contribution in [0.3, 0.4) is 0 Å². The van der Waals surface area contributed by atoms with E-state index in [9.17, 15) is 9.18 Å². The Balaban J connectivity index is 1.68. The molecule has 7 heteroatoms. The smallest absolute Gasteiger partial charge is 0.252 e. The van der Waals surface area contributed by atoms with Crippen molar-refractivity contribution in [3.63, 3.8) is 0 Å². The van der Waals surface area contributed by atoms with Crippen LogP contribution in [0.1, 0.15) is 6.42 Å². The minimum atomic E-state index is -0.823. The highest BCUT2D eigenvalue weighted by atomic mass is 19.1. The van der Waals surface area contributed by atoms with Crippen LogP contribution >= 0.6 is 0 Å². The molecule has 1 spiro atoms. The lowest BCUT2D eigenvalue weighted by atomic mass is 9.94. The highest BCUT2D eigenvalue weighted by Crippen LogP contribution is 2.36. The number of pyridine rings is 1. The topological polar surface area (TPSA) is 81.1 Å². The van der Waals surface area contributed by atoms with E-state index in [2.05, 4.69) is 21.8 Å². The Morgan fingerprint density at radius 2 is 2.21 bits per heavy atom. The summed E-state index contributed by atoms with van der Waals surface area (Å²) >= 11 is 0. The number of hydrogen-bond donors (Lipinski definition) is 2. The maximum atomic E-state index is 13.4. The number of rotatable bonds is 1. The van der Waals surface area contributed by atoms with Crippen molar-refractivity contribution in [2.24, 2.45) is 0 Å². The van der Waals surface area contributed by atoms with Gasteiger partial charge in [-0.15, -0.1) is 0 Å². The summed E-state index contributed by atoms with van der Waals surface area (Å²) < 4.78 is 13.4. The predicted octanol–water partition coefficient (Wildman–Crippen LogP) is 2.18. The predicted molar refractivity (Wildman–Crippen MR) is 86.4 cm³/mol. The second-order valence-corrected chi connectivity index (χ2v) is 6.06. The molecule has 2 N–H and O–H groups in total. The highest BCUT2D eigenvalue weighted by Gasteiger charge is 2.47. The lowest BCUT2D eigenvalue weighted by molar-refractivity contribution is -0.120. The molecule has 1 atom stereocenters. The van der Waals surface area contributed by atoms with Gasteiger partial charge in [0, 0.05) is 18.3 Å². The third-order valence-corrected chi connectivity index (χ3v) is 4.50. The van der Waals surface area contributed by atoms with Crippen molar-refractivity contribution in [1.29, 1.82) is 5.26 Å². The van der Waals surface area contributed by atoms with E-state index >= 15 is 0 Å². The Bertz CT molecular complexity index is 878. The second kappa shape index (κ2) is 5.20. The van der Waals surface area contributed by atoms with Gasteiger partial charge in [0.25, 0.3) is 5.91 Å². The average molecular weight is 323 g/mol. The highest BCUT2D eigenvalue weighted by molar-refractivity contribution is 6.06.